The molecule has 0 radical (unpaired) electrons. The fraction of sp³-hybridized carbons (Fsp3) is 0.294. The van der Waals surface area contributed by atoms with Gasteiger partial charge in [-0.05, 0) is 44.8 Å². The zero-order valence-corrected chi connectivity index (χ0v) is 13.5. The summed E-state index contributed by atoms with van der Waals surface area (Å²) < 4.78 is 15.3. The molecule has 120 valence electrons. The molecule has 1 atom stereocenters. The van der Waals surface area contributed by atoms with Gasteiger partial charge in [0.25, 0.3) is 0 Å². The molecule has 0 amide bonds. The Morgan fingerprint density at radius 3 is 2.87 bits per heavy atom. The zero-order chi connectivity index (χ0) is 16.4. The van der Waals surface area contributed by atoms with Crippen LogP contribution in [0.5, 0.6) is 0 Å². The summed E-state index contributed by atoms with van der Waals surface area (Å²) in [6.45, 7) is 2.57. The number of halogens is 1. The van der Waals surface area contributed by atoms with Crippen molar-refractivity contribution in [1.29, 1.82) is 0 Å². The Kier molecular flexibility index (Phi) is 4.25. The largest absolute Gasteiger partial charge is 0.366 e. The van der Waals surface area contributed by atoms with Gasteiger partial charge in [0.15, 0.2) is 5.82 Å². The molecule has 0 saturated carbocycles. The van der Waals surface area contributed by atoms with Crippen molar-refractivity contribution in [2.75, 3.05) is 26.0 Å². The third-order valence-corrected chi connectivity index (χ3v) is 3.83. The first-order valence-corrected chi connectivity index (χ1v) is 7.51. The third-order valence-electron chi connectivity index (χ3n) is 3.83. The van der Waals surface area contributed by atoms with Gasteiger partial charge in [0.2, 0.25) is 0 Å². The van der Waals surface area contributed by atoms with Crippen molar-refractivity contribution in [1.82, 2.24) is 19.5 Å². The van der Waals surface area contributed by atoms with Crippen LogP contribution in [0.2, 0.25) is 0 Å². The van der Waals surface area contributed by atoms with Crippen LogP contribution in [0.4, 0.5) is 10.2 Å². The maximum Gasteiger partial charge on any atom is 0.152 e. The average molecular weight is 313 g/mol. The highest BCUT2D eigenvalue weighted by molar-refractivity contribution is 5.67. The van der Waals surface area contributed by atoms with E-state index in [0.717, 1.165) is 22.6 Å². The van der Waals surface area contributed by atoms with Crippen molar-refractivity contribution in [3.8, 4) is 0 Å². The van der Waals surface area contributed by atoms with Gasteiger partial charge in [0.05, 0.1) is 11.7 Å². The second-order valence-corrected chi connectivity index (χ2v) is 5.81. The average Bonchev–Trinajstić information content (AvgIpc) is 2.88. The molecule has 0 saturated heterocycles. The maximum absolute atomic E-state index is 13.5. The minimum atomic E-state index is -0.221. The Hall–Kier alpha value is -2.47. The number of anilines is 1. The fourth-order valence-corrected chi connectivity index (χ4v) is 2.69. The summed E-state index contributed by atoms with van der Waals surface area (Å²) in [5.74, 6) is 0.553. The summed E-state index contributed by atoms with van der Waals surface area (Å²) in [4.78, 5) is 6.46. The van der Waals surface area contributed by atoms with Crippen LogP contribution in [-0.2, 0) is 0 Å². The number of likely N-dealkylation sites (N-methyl/N-ethyl adjacent to an activating group) is 1. The van der Waals surface area contributed by atoms with Crippen molar-refractivity contribution >= 4 is 11.3 Å². The van der Waals surface area contributed by atoms with E-state index in [2.05, 4.69) is 20.3 Å². The van der Waals surface area contributed by atoms with Crippen molar-refractivity contribution in [3.63, 3.8) is 0 Å². The predicted octanol–water partition coefficient (Wildman–Crippen LogP) is 2.89. The van der Waals surface area contributed by atoms with Crippen LogP contribution in [0.25, 0.3) is 5.52 Å². The fourth-order valence-electron chi connectivity index (χ4n) is 2.69. The first-order chi connectivity index (χ1) is 11.0. The van der Waals surface area contributed by atoms with E-state index in [9.17, 15) is 4.39 Å². The lowest BCUT2D eigenvalue weighted by molar-refractivity contribution is 0.311. The molecule has 0 fully saturated rings. The highest BCUT2D eigenvalue weighted by Gasteiger charge is 2.15. The molecule has 5 nitrogen and oxygen atoms in total. The van der Waals surface area contributed by atoms with Crippen molar-refractivity contribution in [3.05, 3.63) is 59.8 Å². The summed E-state index contributed by atoms with van der Waals surface area (Å²) >= 11 is 0. The second-order valence-electron chi connectivity index (χ2n) is 5.81. The summed E-state index contributed by atoms with van der Waals surface area (Å²) in [6, 6.07) is 8.73. The SMILES string of the molecule is Cc1cc2c(NCC(c3cccc(F)c3)N(C)C)nccn2n1. The quantitative estimate of drug-likeness (QED) is 0.787. The molecule has 0 aliphatic carbocycles. The van der Waals surface area contributed by atoms with Crippen LogP contribution in [0, 0.1) is 12.7 Å². The molecule has 0 aliphatic rings. The zero-order valence-electron chi connectivity index (χ0n) is 13.5. The van der Waals surface area contributed by atoms with Gasteiger partial charge < -0.3 is 10.2 Å². The molecular weight excluding hydrogens is 293 g/mol. The van der Waals surface area contributed by atoms with Gasteiger partial charge in [-0.1, -0.05) is 12.1 Å². The lowest BCUT2D eigenvalue weighted by Gasteiger charge is -2.25. The molecule has 1 aromatic carbocycles. The molecule has 0 spiro atoms. The van der Waals surface area contributed by atoms with E-state index in [0.29, 0.717) is 6.54 Å². The van der Waals surface area contributed by atoms with E-state index >= 15 is 0 Å². The molecule has 2 heterocycles. The molecule has 23 heavy (non-hydrogen) atoms. The highest BCUT2D eigenvalue weighted by atomic mass is 19.1. The molecule has 3 rings (SSSR count). The normalized spacial score (nSPS) is 12.7. The van der Waals surface area contributed by atoms with Gasteiger partial charge in [0, 0.05) is 18.9 Å². The molecule has 1 N–H and O–H groups in total. The standard InChI is InChI=1S/C17H20FN5/c1-12-9-15-17(19-7-8-23(15)21-12)20-11-16(22(2)3)13-5-4-6-14(18)10-13/h4-10,16H,11H2,1-3H3,(H,19,20). The highest BCUT2D eigenvalue weighted by Crippen LogP contribution is 2.21. The van der Waals surface area contributed by atoms with Crippen LogP contribution in [-0.4, -0.2) is 40.1 Å². The Bertz CT molecular complexity index is 812. The van der Waals surface area contributed by atoms with Gasteiger partial charge in [-0.25, -0.2) is 13.9 Å². The smallest absolute Gasteiger partial charge is 0.152 e. The van der Waals surface area contributed by atoms with E-state index in [-0.39, 0.29) is 11.9 Å². The Labute approximate surface area is 134 Å². The van der Waals surface area contributed by atoms with E-state index in [1.165, 1.54) is 6.07 Å². The number of benzene rings is 1. The van der Waals surface area contributed by atoms with Crippen LogP contribution in [0.1, 0.15) is 17.3 Å². The number of nitrogens with one attached hydrogen (secondary N) is 1. The third kappa shape index (κ3) is 3.32. The minimum absolute atomic E-state index is 0.0387. The van der Waals surface area contributed by atoms with Gasteiger partial charge in [-0.3, -0.25) is 0 Å². The van der Waals surface area contributed by atoms with Gasteiger partial charge in [-0.15, -0.1) is 0 Å². The molecule has 1 unspecified atom stereocenters. The first-order valence-electron chi connectivity index (χ1n) is 7.51. The molecule has 0 aliphatic heterocycles. The number of fused-ring (bicyclic) bond motifs is 1. The number of rotatable bonds is 5. The summed E-state index contributed by atoms with van der Waals surface area (Å²) in [5.41, 5.74) is 2.80. The van der Waals surface area contributed by atoms with Crippen molar-refractivity contribution in [2.24, 2.45) is 0 Å². The van der Waals surface area contributed by atoms with E-state index in [1.54, 1.807) is 22.8 Å². The number of nitrogens with zero attached hydrogens (tertiary/aromatic N) is 4. The molecule has 3 aromatic rings. The second kappa shape index (κ2) is 6.34. The monoisotopic (exact) mass is 313 g/mol. The maximum atomic E-state index is 13.5. The minimum Gasteiger partial charge on any atom is -0.366 e. The van der Waals surface area contributed by atoms with Crippen LogP contribution in [0.3, 0.4) is 0 Å². The first kappa shape index (κ1) is 15.4. The predicted molar refractivity (Wildman–Crippen MR) is 89.0 cm³/mol. The number of hydrogen-bond donors (Lipinski definition) is 1. The molecule has 6 heteroatoms. The Balaban J connectivity index is 1.84. The van der Waals surface area contributed by atoms with Crippen LogP contribution >= 0.6 is 0 Å². The topological polar surface area (TPSA) is 45.5 Å². The van der Waals surface area contributed by atoms with Crippen LogP contribution < -0.4 is 5.32 Å². The lowest BCUT2D eigenvalue weighted by Crippen LogP contribution is -2.27. The van der Waals surface area contributed by atoms with Gasteiger partial charge >= 0.3 is 0 Å². The Morgan fingerprint density at radius 2 is 2.13 bits per heavy atom. The lowest BCUT2D eigenvalue weighted by atomic mass is 10.1. The number of hydrogen-bond acceptors (Lipinski definition) is 4. The molecular formula is C17H20FN5. The van der Waals surface area contributed by atoms with Gasteiger partial charge in [-0.2, -0.15) is 5.10 Å². The van der Waals surface area contributed by atoms with Crippen molar-refractivity contribution < 1.29 is 4.39 Å². The van der Waals surface area contributed by atoms with Crippen molar-refractivity contribution in [2.45, 2.75) is 13.0 Å². The van der Waals surface area contributed by atoms with E-state index in [4.69, 9.17) is 0 Å². The number of aryl methyl sites for hydroxylation is 1. The van der Waals surface area contributed by atoms with E-state index in [1.807, 2.05) is 39.3 Å². The van der Waals surface area contributed by atoms with Crippen LogP contribution in [0.15, 0.2) is 42.7 Å². The molecule has 2 aromatic heterocycles. The molecule has 0 bridgehead atoms. The summed E-state index contributed by atoms with van der Waals surface area (Å²) in [6.07, 6.45) is 3.54. The summed E-state index contributed by atoms with van der Waals surface area (Å²) in [7, 11) is 3.96. The summed E-state index contributed by atoms with van der Waals surface area (Å²) in [5, 5.41) is 7.75. The van der Waals surface area contributed by atoms with E-state index < -0.39 is 0 Å². The van der Waals surface area contributed by atoms with Gasteiger partial charge in [0.1, 0.15) is 11.3 Å². The number of aromatic nitrogens is 3. The Morgan fingerprint density at radius 1 is 1.30 bits per heavy atom.